The summed E-state index contributed by atoms with van der Waals surface area (Å²) in [4.78, 5) is 11.1. The second-order valence-corrected chi connectivity index (χ2v) is 6.53. The molecular formula is C25H38O2. The van der Waals surface area contributed by atoms with Gasteiger partial charge in [0.2, 0.25) is 0 Å². The minimum absolute atomic E-state index is 0.174. The van der Waals surface area contributed by atoms with Gasteiger partial charge in [0.15, 0.2) is 0 Å². The first-order valence-electron chi connectivity index (χ1n) is 10.7. The predicted molar refractivity (Wildman–Crippen MR) is 116 cm³/mol. The third kappa shape index (κ3) is 22.0. The van der Waals surface area contributed by atoms with Gasteiger partial charge in [-0.05, 0) is 38.7 Å². The first-order valence-corrected chi connectivity index (χ1v) is 10.7. The van der Waals surface area contributed by atoms with Gasteiger partial charge in [0.05, 0.1) is 13.0 Å². The van der Waals surface area contributed by atoms with Gasteiger partial charge in [-0.1, -0.05) is 69.1 Å². The number of hydrogen-bond donors (Lipinski definition) is 0. The highest BCUT2D eigenvalue weighted by atomic mass is 16.5. The maximum absolute atomic E-state index is 11.1. The minimum Gasteiger partial charge on any atom is -0.466 e. The molecule has 0 saturated heterocycles. The zero-order valence-electron chi connectivity index (χ0n) is 17.5. The summed E-state index contributed by atoms with van der Waals surface area (Å²) in [5.74, 6) is 12.2. The van der Waals surface area contributed by atoms with Gasteiger partial charge in [0.25, 0.3) is 0 Å². The molecule has 0 aliphatic heterocycles. The van der Waals surface area contributed by atoms with Crippen molar-refractivity contribution in [1.82, 2.24) is 0 Å². The van der Waals surface area contributed by atoms with Crippen molar-refractivity contribution in [3.05, 3.63) is 24.3 Å². The lowest BCUT2D eigenvalue weighted by Gasteiger charge is -1.99. The predicted octanol–water partition coefficient (Wildman–Crippen LogP) is 6.76. The fraction of sp³-hybridized carbons (Fsp3) is 0.640. The number of hydrogen-bond acceptors (Lipinski definition) is 2. The Morgan fingerprint density at radius 1 is 0.815 bits per heavy atom. The number of carbonyl (C=O) groups excluding carboxylic acids is 1. The number of ether oxygens (including phenoxy) is 1. The van der Waals surface area contributed by atoms with E-state index in [1.807, 2.05) is 19.1 Å². The highest BCUT2D eigenvalue weighted by Gasteiger charge is 1.97. The quantitative estimate of drug-likeness (QED) is 0.146. The van der Waals surface area contributed by atoms with Crippen LogP contribution < -0.4 is 0 Å². The molecule has 0 aliphatic carbocycles. The van der Waals surface area contributed by atoms with Crippen LogP contribution in [0.3, 0.4) is 0 Å². The molecule has 0 amide bonds. The van der Waals surface area contributed by atoms with Gasteiger partial charge >= 0.3 is 5.97 Å². The number of unbranched alkanes of at least 4 members (excludes halogenated alkanes) is 9. The zero-order chi connectivity index (χ0) is 19.8. The molecule has 0 saturated carbocycles. The van der Waals surface area contributed by atoms with Crippen LogP contribution in [0.15, 0.2) is 24.3 Å². The fourth-order valence-corrected chi connectivity index (χ4v) is 2.47. The molecule has 27 heavy (non-hydrogen) atoms. The molecule has 0 radical (unpaired) electrons. The summed E-state index contributed by atoms with van der Waals surface area (Å²) in [7, 11) is 0. The van der Waals surface area contributed by atoms with Crippen LogP contribution in [0.25, 0.3) is 0 Å². The van der Waals surface area contributed by atoms with Gasteiger partial charge < -0.3 is 4.74 Å². The normalized spacial score (nSPS) is 10.4. The molecule has 0 rings (SSSR count). The van der Waals surface area contributed by atoms with Crippen LogP contribution in [0.4, 0.5) is 0 Å². The van der Waals surface area contributed by atoms with E-state index < -0.39 is 0 Å². The van der Waals surface area contributed by atoms with Crippen LogP contribution >= 0.6 is 0 Å². The van der Waals surface area contributed by atoms with Crippen molar-refractivity contribution < 1.29 is 9.53 Å². The van der Waals surface area contributed by atoms with E-state index in [4.69, 9.17) is 4.74 Å². The molecule has 2 heteroatoms. The second kappa shape index (κ2) is 22.1. The summed E-state index contributed by atoms with van der Waals surface area (Å²) in [5.41, 5.74) is 0. The first kappa shape index (κ1) is 25.1. The lowest BCUT2D eigenvalue weighted by atomic mass is 10.1. The van der Waals surface area contributed by atoms with Crippen LogP contribution in [0.5, 0.6) is 0 Å². The molecule has 0 heterocycles. The standard InChI is InChI=1S/C25H38O2/c1-3-5-6-7-8-9-10-11-12-13-14-15-16-17-18-19-20-21-22-23-24-25(26)27-4-2/h17-20H,3-5,8-16,23-24H2,1-2H3. The first-order chi connectivity index (χ1) is 13.3. The summed E-state index contributed by atoms with van der Waals surface area (Å²) in [5, 5.41) is 0. The zero-order valence-corrected chi connectivity index (χ0v) is 17.5. The Morgan fingerprint density at radius 3 is 2.26 bits per heavy atom. The maximum atomic E-state index is 11.1. The van der Waals surface area contributed by atoms with E-state index >= 15 is 0 Å². The van der Waals surface area contributed by atoms with Crippen LogP contribution in [0, 0.1) is 23.7 Å². The number of esters is 1. The van der Waals surface area contributed by atoms with Crippen molar-refractivity contribution >= 4 is 5.97 Å². The van der Waals surface area contributed by atoms with Crippen LogP contribution in [-0.2, 0) is 9.53 Å². The third-order valence-corrected chi connectivity index (χ3v) is 3.96. The van der Waals surface area contributed by atoms with Crippen LogP contribution in [-0.4, -0.2) is 12.6 Å². The Kier molecular flexibility index (Phi) is 20.5. The molecule has 0 aliphatic rings. The van der Waals surface area contributed by atoms with Gasteiger partial charge in [-0.25, -0.2) is 0 Å². The van der Waals surface area contributed by atoms with E-state index in [0.29, 0.717) is 19.4 Å². The Bertz CT molecular complexity index is 520. The SMILES string of the molecule is CCCC#CCCCCCCCCCC=CC=CC#CCCC(=O)OCC. The Morgan fingerprint density at radius 2 is 1.52 bits per heavy atom. The molecule has 150 valence electrons. The van der Waals surface area contributed by atoms with Crippen molar-refractivity contribution in [3.8, 4) is 23.7 Å². The lowest BCUT2D eigenvalue weighted by molar-refractivity contribution is -0.142. The molecule has 0 unspecified atom stereocenters. The Hall–Kier alpha value is -1.93. The number of rotatable bonds is 14. The highest BCUT2D eigenvalue weighted by Crippen LogP contribution is 2.09. The molecule has 0 fully saturated rings. The molecule has 0 atom stereocenters. The van der Waals surface area contributed by atoms with E-state index in [0.717, 1.165) is 19.3 Å². The molecule has 0 aromatic carbocycles. The number of carbonyl (C=O) groups is 1. The average Bonchev–Trinajstić information content (AvgIpc) is 2.66. The Balaban J connectivity index is 3.38. The third-order valence-electron chi connectivity index (χ3n) is 3.96. The molecule has 0 aromatic heterocycles. The molecule has 0 bridgehead atoms. The second-order valence-electron chi connectivity index (χ2n) is 6.53. The number of allylic oxidation sites excluding steroid dienone is 4. The summed E-state index contributed by atoms with van der Waals surface area (Å²) < 4.78 is 4.84. The molecule has 2 nitrogen and oxygen atoms in total. The summed E-state index contributed by atoms with van der Waals surface area (Å²) in [6.07, 6.45) is 22.6. The summed E-state index contributed by atoms with van der Waals surface area (Å²) in [6.45, 7) is 4.42. The van der Waals surface area contributed by atoms with Crippen molar-refractivity contribution in [1.29, 1.82) is 0 Å². The largest absolute Gasteiger partial charge is 0.466 e. The van der Waals surface area contributed by atoms with Gasteiger partial charge in [-0.2, -0.15) is 0 Å². The van der Waals surface area contributed by atoms with Crippen LogP contribution in [0.2, 0.25) is 0 Å². The van der Waals surface area contributed by atoms with E-state index in [1.165, 1.54) is 51.4 Å². The van der Waals surface area contributed by atoms with E-state index in [9.17, 15) is 4.79 Å². The van der Waals surface area contributed by atoms with Gasteiger partial charge in [-0.15, -0.1) is 11.8 Å². The Labute approximate surface area is 167 Å². The van der Waals surface area contributed by atoms with E-state index in [1.54, 1.807) is 0 Å². The fourth-order valence-electron chi connectivity index (χ4n) is 2.47. The van der Waals surface area contributed by atoms with E-state index in [-0.39, 0.29) is 5.97 Å². The van der Waals surface area contributed by atoms with Crippen molar-refractivity contribution in [3.63, 3.8) is 0 Å². The van der Waals surface area contributed by atoms with Crippen molar-refractivity contribution in [2.24, 2.45) is 0 Å². The van der Waals surface area contributed by atoms with E-state index in [2.05, 4.69) is 42.8 Å². The van der Waals surface area contributed by atoms with Crippen molar-refractivity contribution in [2.75, 3.05) is 6.61 Å². The monoisotopic (exact) mass is 370 g/mol. The highest BCUT2D eigenvalue weighted by molar-refractivity contribution is 5.69. The average molecular weight is 371 g/mol. The smallest absolute Gasteiger partial charge is 0.306 e. The summed E-state index contributed by atoms with van der Waals surface area (Å²) in [6, 6.07) is 0. The van der Waals surface area contributed by atoms with Gasteiger partial charge in [-0.3, -0.25) is 4.79 Å². The summed E-state index contributed by atoms with van der Waals surface area (Å²) >= 11 is 0. The topological polar surface area (TPSA) is 26.3 Å². The van der Waals surface area contributed by atoms with Gasteiger partial charge in [0, 0.05) is 19.3 Å². The molecular weight excluding hydrogens is 332 g/mol. The maximum Gasteiger partial charge on any atom is 0.306 e. The minimum atomic E-state index is -0.174. The molecule has 0 aromatic rings. The lowest BCUT2D eigenvalue weighted by Crippen LogP contribution is -2.02. The van der Waals surface area contributed by atoms with Crippen molar-refractivity contribution in [2.45, 2.75) is 97.3 Å². The van der Waals surface area contributed by atoms with Gasteiger partial charge in [0.1, 0.15) is 0 Å². The van der Waals surface area contributed by atoms with Crippen LogP contribution in [0.1, 0.15) is 97.3 Å². The molecule has 0 spiro atoms. The molecule has 0 N–H and O–H groups in total.